The van der Waals surface area contributed by atoms with Crippen molar-refractivity contribution in [2.75, 3.05) is 5.73 Å². The molecule has 126 valence electrons. The minimum absolute atomic E-state index is 0.0750. The van der Waals surface area contributed by atoms with E-state index in [1.165, 1.54) is 4.57 Å². The van der Waals surface area contributed by atoms with Crippen LogP contribution in [-0.4, -0.2) is 21.5 Å². The molecule has 1 aliphatic carbocycles. The Kier molecular flexibility index (Phi) is 4.66. The summed E-state index contributed by atoms with van der Waals surface area (Å²) < 4.78 is 15.6. The molecule has 0 unspecified atom stereocenters. The molecule has 3 N–H and O–H groups in total. The van der Waals surface area contributed by atoms with Gasteiger partial charge in [0.2, 0.25) is 0 Å². The zero-order chi connectivity index (χ0) is 17.3. The van der Waals surface area contributed by atoms with Gasteiger partial charge in [-0.2, -0.15) is 4.98 Å². The van der Waals surface area contributed by atoms with Crippen LogP contribution < -0.4 is 16.7 Å². The predicted molar refractivity (Wildman–Crippen MR) is 91.2 cm³/mol. The molecule has 6 nitrogen and oxygen atoms in total. The summed E-state index contributed by atoms with van der Waals surface area (Å²) in [6.45, 7) is 0. The van der Waals surface area contributed by atoms with Gasteiger partial charge in [0.15, 0.2) is 11.6 Å². The van der Waals surface area contributed by atoms with E-state index in [1.54, 1.807) is 18.2 Å². The van der Waals surface area contributed by atoms with Crippen molar-refractivity contribution >= 4 is 27.7 Å². The van der Waals surface area contributed by atoms with Crippen molar-refractivity contribution in [2.45, 2.75) is 31.3 Å². The molecular weight excluding hydrogens is 379 g/mol. The number of rotatable bonds is 3. The fourth-order valence-electron chi connectivity index (χ4n) is 2.96. The number of hydrogen-bond donors (Lipinski definition) is 2. The van der Waals surface area contributed by atoms with E-state index in [-0.39, 0.29) is 18.0 Å². The number of aromatic nitrogens is 2. The molecule has 2 atom stereocenters. The molecule has 1 fully saturated rings. The Bertz CT molecular complexity index is 839. The van der Waals surface area contributed by atoms with Crippen LogP contribution in [0.15, 0.2) is 39.7 Å². The molecule has 1 heterocycles. The van der Waals surface area contributed by atoms with Gasteiger partial charge in [-0.15, -0.1) is 0 Å². The van der Waals surface area contributed by atoms with Gasteiger partial charge in [0.25, 0.3) is 5.91 Å². The summed E-state index contributed by atoms with van der Waals surface area (Å²) in [4.78, 5) is 27.6. The highest BCUT2D eigenvalue weighted by Crippen LogP contribution is 2.29. The molecule has 1 aromatic carbocycles. The Morgan fingerprint density at radius 3 is 2.96 bits per heavy atom. The molecular formula is C16H16BrFN4O2. The van der Waals surface area contributed by atoms with Crippen LogP contribution in [0.5, 0.6) is 0 Å². The minimum Gasteiger partial charge on any atom is -0.381 e. The van der Waals surface area contributed by atoms with Gasteiger partial charge in [-0.3, -0.25) is 9.36 Å². The third-order valence-electron chi connectivity index (χ3n) is 4.15. The van der Waals surface area contributed by atoms with Crippen molar-refractivity contribution in [1.29, 1.82) is 0 Å². The van der Waals surface area contributed by atoms with E-state index < -0.39 is 17.3 Å². The lowest BCUT2D eigenvalue weighted by molar-refractivity contribution is 0.0937. The van der Waals surface area contributed by atoms with Gasteiger partial charge < -0.3 is 11.1 Å². The first-order chi connectivity index (χ1) is 11.4. The zero-order valence-electron chi connectivity index (χ0n) is 12.7. The maximum atomic E-state index is 13.6. The molecule has 8 heteroatoms. The molecule has 0 bridgehead atoms. The number of nitrogens with two attached hydrogens (primary N) is 1. The molecule has 0 radical (unpaired) electrons. The quantitative estimate of drug-likeness (QED) is 0.834. The molecule has 1 amide bonds. The second-order valence-corrected chi connectivity index (χ2v) is 6.73. The number of carbonyl (C=O) groups is 1. The van der Waals surface area contributed by atoms with Crippen molar-refractivity contribution in [3.05, 3.63) is 56.8 Å². The predicted octanol–water partition coefficient (Wildman–Crippen LogP) is 2.25. The van der Waals surface area contributed by atoms with Crippen LogP contribution in [0.1, 0.15) is 35.7 Å². The van der Waals surface area contributed by atoms with E-state index in [4.69, 9.17) is 5.73 Å². The van der Waals surface area contributed by atoms with E-state index in [2.05, 4.69) is 26.2 Å². The van der Waals surface area contributed by atoms with Gasteiger partial charge in [-0.1, -0.05) is 22.0 Å². The van der Waals surface area contributed by atoms with Crippen LogP contribution in [0.4, 0.5) is 10.2 Å². The number of nitrogen functional groups attached to an aromatic ring is 1. The third kappa shape index (κ3) is 3.48. The Labute approximate surface area is 146 Å². The number of amides is 1. The molecule has 1 saturated carbocycles. The average Bonchev–Trinajstić information content (AvgIpc) is 2.99. The summed E-state index contributed by atoms with van der Waals surface area (Å²) in [7, 11) is 0. The highest BCUT2D eigenvalue weighted by molar-refractivity contribution is 9.10. The SMILES string of the molecule is Nc1nc(=O)n([C@H]2CC[C@H](NC(=O)c3cccc(Br)c3)C2)cc1F. The van der Waals surface area contributed by atoms with Crippen molar-refractivity contribution in [3.63, 3.8) is 0 Å². The lowest BCUT2D eigenvalue weighted by Gasteiger charge is -2.15. The summed E-state index contributed by atoms with van der Waals surface area (Å²) >= 11 is 3.33. The monoisotopic (exact) mass is 394 g/mol. The van der Waals surface area contributed by atoms with E-state index in [0.717, 1.165) is 10.7 Å². The highest BCUT2D eigenvalue weighted by Gasteiger charge is 2.28. The van der Waals surface area contributed by atoms with Crippen molar-refractivity contribution in [1.82, 2.24) is 14.9 Å². The normalized spacial score (nSPS) is 20.1. The number of benzene rings is 1. The lowest BCUT2D eigenvalue weighted by atomic mass is 10.2. The number of hydrogen-bond acceptors (Lipinski definition) is 4. The first kappa shape index (κ1) is 16.6. The Morgan fingerprint density at radius 2 is 2.21 bits per heavy atom. The second-order valence-electron chi connectivity index (χ2n) is 5.81. The van der Waals surface area contributed by atoms with E-state index in [0.29, 0.717) is 24.8 Å². The van der Waals surface area contributed by atoms with E-state index >= 15 is 0 Å². The van der Waals surface area contributed by atoms with Crippen LogP contribution in [-0.2, 0) is 0 Å². The van der Waals surface area contributed by atoms with Crippen molar-refractivity contribution in [3.8, 4) is 0 Å². The highest BCUT2D eigenvalue weighted by atomic mass is 79.9. The molecule has 1 aromatic heterocycles. The largest absolute Gasteiger partial charge is 0.381 e. The van der Waals surface area contributed by atoms with Gasteiger partial charge in [0.05, 0.1) is 0 Å². The van der Waals surface area contributed by atoms with Crippen LogP contribution in [0.3, 0.4) is 0 Å². The zero-order valence-corrected chi connectivity index (χ0v) is 14.3. The Hall–Kier alpha value is -2.22. The average molecular weight is 395 g/mol. The molecule has 0 aliphatic heterocycles. The fourth-order valence-corrected chi connectivity index (χ4v) is 3.36. The first-order valence-corrected chi connectivity index (χ1v) is 8.34. The van der Waals surface area contributed by atoms with Crippen LogP contribution in [0.25, 0.3) is 0 Å². The van der Waals surface area contributed by atoms with Gasteiger partial charge >= 0.3 is 5.69 Å². The number of anilines is 1. The number of carbonyl (C=O) groups excluding carboxylic acids is 1. The third-order valence-corrected chi connectivity index (χ3v) is 4.65. The molecule has 0 saturated heterocycles. The summed E-state index contributed by atoms with van der Waals surface area (Å²) in [5.41, 5.74) is 5.29. The fraction of sp³-hybridized carbons (Fsp3) is 0.312. The van der Waals surface area contributed by atoms with Crippen LogP contribution in [0, 0.1) is 5.82 Å². The molecule has 24 heavy (non-hydrogen) atoms. The summed E-state index contributed by atoms with van der Waals surface area (Å²) in [6.07, 6.45) is 3.01. The number of nitrogens with one attached hydrogen (secondary N) is 1. The Morgan fingerprint density at radius 1 is 1.42 bits per heavy atom. The van der Waals surface area contributed by atoms with Gasteiger partial charge in [0, 0.05) is 28.3 Å². The Balaban J connectivity index is 1.69. The second kappa shape index (κ2) is 6.72. The minimum atomic E-state index is -0.712. The van der Waals surface area contributed by atoms with Gasteiger partial charge in [-0.25, -0.2) is 9.18 Å². The smallest absolute Gasteiger partial charge is 0.349 e. The van der Waals surface area contributed by atoms with E-state index in [9.17, 15) is 14.0 Å². The molecule has 0 spiro atoms. The lowest BCUT2D eigenvalue weighted by Crippen LogP contribution is -2.34. The van der Waals surface area contributed by atoms with Gasteiger partial charge in [-0.05, 0) is 37.5 Å². The van der Waals surface area contributed by atoms with Crippen LogP contribution >= 0.6 is 15.9 Å². The van der Waals surface area contributed by atoms with Crippen molar-refractivity contribution in [2.24, 2.45) is 0 Å². The standard InChI is InChI=1S/C16H16BrFN4O2/c17-10-3-1-2-9(6-10)15(23)20-11-4-5-12(7-11)22-8-13(18)14(19)21-16(22)24/h1-3,6,8,11-12H,4-5,7H2,(H,20,23)(H2,19,21,24)/t11-,12-/m0/s1. The number of halogens is 2. The van der Waals surface area contributed by atoms with Gasteiger partial charge in [0.1, 0.15) is 0 Å². The van der Waals surface area contributed by atoms with Crippen molar-refractivity contribution < 1.29 is 9.18 Å². The summed E-state index contributed by atoms with van der Waals surface area (Å²) in [5.74, 6) is -1.28. The number of nitrogens with zero attached hydrogens (tertiary/aromatic N) is 2. The maximum Gasteiger partial charge on any atom is 0.349 e. The molecule has 2 aromatic rings. The topological polar surface area (TPSA) is 90.0 Å². The molecule has 1 aliphatic rings. The summed E-state index contributed by atoms with van der Waals surface area (Å²) in [6, 6.07) is 6.83. The maximum absolute atomic E-state index is 13.6. The summed E-state index contributed by atoms with van der Waals surface area (Å²) in [5, 5.41) is 2.95. The first-order valence-electron chi connectivity index (χ1n) is 7.54. The van der Waals surface area contributed by atoms with E-state index in [1.807, 2.05) is 6.07 Å². The van der Waals surface area contributed by atoms with Crippen LogP contribution in [0.2, 0.25) is 0 Å². The molecule has 3 rings (SSSR count).